The van der Waals surface area contributed by atoms with E-state index in [4.69, 9.17) is 4.74 Å². The van der Waals surface area contributed by atoms with Gasteiger partial charge in [-0.05, 0) is 17.7 Å². The number of hydrogen-bond donors (Lipinski definition) is 1. The second kappa shape index (κ2) is 6.31. The van der Waals surface area contributed by atoms with Crippen LogP contribution >= 0.6 is 0 Å². The molecule has 0 spiro atoms. The Balaban J connectivity index is 1.94. The molecule has 100 valence electrons. The molecule has 0 radical (unpaired) electrons. The average Bonchev–Trinajstić information content (AvgIpc) is 2.41. The van der Waals surface area contributed by atoms with Crippen LogP contribution in [-0.4, -0.2) is 52.5 Å². The van der Waals surface area contributed by atoms with Gasteiger partial charge in [-0.2, -0.15) is 0 Å². The van der Waals surface area contributed by atoms with Crippen LogP contribution in [0.2, 0.25) is 0 Å². The van der Waals surface area contributed by atoms with E-state index >= 15 is 0 Å². The minimum absolute atomic E-state index is 0.522. The molecule has 1 N–H and O–H groups in total. The summed E-state index contributed by atoms with van der Waals surface area (Å²) in [6.45, 7) is 2.19. The van der Waals surface area contributed by atoms with E-state index in [0.29, 0.717) is 18.1 Å². The van der Waals surface area contributed by atoms with Crippen LogP contribution in [-0.2, 0) is 10.8 Å². The highest BCUT2D eigenvalue weighted by Crippen LogP contribution is 2.20. The van der Waals surface area contributed by atoms with Crippen LogP contribution in [0.1, 0.15) is 11.7 Å². The predicted molar refractivity (Wildman–Crippen MR) is 72.3 cm³/mol. The first-order valence-corrected chi connectivity index (χ1v) is 7.57. The molecule has 0 bridgehead atoms. The van der Waals surface area contributed by atoms with Gasteiger partial charge in [-0.1, -0.05) is 12.1 Å². The van der Waals surface area contributed by atoms with Gasteiger partial charge in [0.1, 0.15) is 5.75 Å². The standard InChI is InChI=1S/C13H19NO3S/c1-17-12-4-2-3-11(9-12)13(15)10-14-5-7-18(16)8-6-14/h2-4,9,13,15H,5-8,10H2,1H3. The van der Waals surface area contributed by atoms with Gasteiger partial charge < -0.3 is 9.84 Å². The molecule has 1 atom stereocenters. The van der Waals surface area contributed by atoms with Crippen LogP contribution in [0.3, 0.4) is 0 Å². The van der Waals surface area contributed by atoms with Crippen molar-refractivity contribution < 1.29 is 14.1 Å². The first-order valence-electron chi connectivity index (χ1n) is 6.08. The zero-order chi connectivity index (χ0) is 13.0. The first kappa shape index (κ1) is 13.5. The summed E-state index contributed by atoms with van der Waals surface area (Å²) in [4.78, 5) is 2.16. The van der Waals surface area contributed by atoms with Crippen molar-refractivity contribution in [2.75, 3.05) is 38.2 Å². The fraction of sp³-hybridized carbons (Fsp3) is 0.538. The third kappa shape index (κ3) is 3.54. The van der Waals surface area contributed by atoms with Gasteiger partial charge in [-0.15, -0.1) is 0 Å². The smallest absolute Gasteiger partial charge is 0.119 e. The van der Waals surface area contributed by atoms with Crippen molar-refractivity contribution in [3.8, 4) is 5.75 Å². The second-order valence-electron chi connectivity index (χ2n) is 4.44. The highest BCUT2D eigenvalue weighted by Gasteiger charge is 2.18. The summed E-state index contributed by atoms with van der Waals surface area (Å²) in [6.07, 6.45) is -0.522. The Labute approximate surface area is 110 Å². The second-order valence-corrected chi connectivity index (χ2v) is 6.14. The fourth-order valence-corrected chi connectivity index (χ4v) is 3.18. The summed E-state index contributed by atoms with van der Waals surface area (Å²) < 4.78 is 16.4. The molecule has 1 aliphatic heterocycles. The van der Waals surface area contributed by atoms with Crippen molar-refractivity contribution in [3.05, 3.63) is 29.8 Å². The monoisotopic (exact) mass is 269 g/mol. The maximum absolute atomic E-state index is 11.3. The molecule has 0 aromatic heterocycles. The molecule has 1 aliphatic rings. The van der Waals surface area contributed by atoms with E-state index in [0.717, 1.165) is 24.4 Å². The summed E-state index contributed by atoms with van der Waals surface area (Å²) in [5, 5.41) is 10.2. The third-order valence-corrected chi connectivity index (χ3v) is 4.46. The summed E-state index contributed by atoms with van der Waals surface area (Å²) in [7, 11) is 0.948. The van der Waals surface area contributed by atoms with Gasteiger partial charge >= 0.3 is 0 Å². The van der Waals surface area contributed by atoms with Gasteiger partial charge in [0.15, 0.2) is 0 Å². The Hall–Kier alpha value is -0.910. The van der Waals surface area contributed by atoms with E-state index in [1.807, 2.05) is 24.3 Å². The van der Waals surface area contributed by atoms with E-state index in [1.54, 1.807) is 7.11 Å². The molecule has 1 fully saturated rings. The van der Waals surface area contributed by atoms with E-state index in [2.05, 4.69) is 4.90 Å². The molecule has 1 saturated heterocycles. The van der Waals surface area contributed by atoms with Crippen LogP contribution in [0.4, 0.5) is 0 Å². The van der Waals surface area contributed by atoms with Crippen molar-refractivity contribution >= 4 is 10.8 Å². The Morgan fingerprint density at radius 1 is 1.44 bits per heavy atom. The molecular formula is C13H19NO3S. The summed E-state index contributed by atoms with van der Waals surface area (Å²) >= 11 is 0. The predicted octanol–water partition coefficient (Wildman–Crippen LogP) is 0.793. The number of rotatable bonds is 4. The number of ether oxygens (including phenoxy) is 1. The maximum Gasteiger partial charge on any atom is 0.119 e. The molecule has 0 amide bonds. The zero-order valence-electron chi connectivity index (χ0n) is 10.5. The minimum atomic E-state index is -0.669. The molecule has 2 rings (SSSR count). The minimum Gasteiger partial charge on any atom is -0.497 e. The van der Waals surface area contributed by atoms with Crippen molar-refractivity contribution in [1.29, 1.82) is 0 Å². The van der Waals surface area contributed by atoms with Crippen molar-refractivity contribution in [3.63, 3.8) is 0 Å². The fourth-order valence-electron chi connectivity index (χ4n) is 2.06. The molecule has 1 heterocycles. The number of aliphatic hydroxyl groups is 1. The zero-order valence-corrected chi connectivity index (χ0v) is 11.4. The lowest BCUT2D eigenvalue weighted by Crippen LogP contribution is -2.40. The van der Waals surface area contributed by atoms with E-state index in [1.165, 1.54) is 0 Å². The summed E-state index contributed by atoms with van der Waals surface area (Å²) in [5.74, 6) is 2.18. The topological polar surface area (TPSA) is 49.8 Å². The molecular weight excluding hydrogens is 250 g/mol. The lowest BCUT2D eigenvalue weighted by atomic mass is 10.1. The molecule has 4 nitrogen and oxygen atoms in total. The van der Waals surface area contributed by atoms with E-state index in [9.17, 15) is 9.32 Å². The van der Waals surface area contributed by atoms with Gasteiger partial charge in [-0.25, -0.2) is 0 Å². The number of aliphatic hydroxyl groups excluding tert-OH is 1. The van der Waals surface area contributed by atoms with Gasteiger partial charge in [0.05, 0.1) is 13.2 Å². The molecule has 18 heavy (non-hydrogen) atoms. The molecule has 1 aromatic rings. The quantitative estimate of drug-likeness (QED) is 0.878. The number of methoxy groups -OCH3 is 1. The molecule has 0 saturated carbocycles. The van der Waals surface area contributed by atoms with Crippen molar-refractivity contribution in [2.45, 2.75) is 6.10 Å². The Morgan fingerprint density at radius 2 is 2.17 bits per heavy atom. The lowest BCUT2D eigenvalue weighted by Gasteiger charge is -2.28. The number of hydrogen-bond acceptors (Lipinski definition) is 4. The third-order valence-electron chi connectivity index (χ3n) is 3.18. The van der Waals surface area contributed by atoms with Crippen LogP contribution in [0, 0.1) is 0 Å². The average molecular weight is 269 g/mol. The molecule has 1 aromatic carbocycles. The highest BCUT2D eigenvalue weighted by atomic mass is 32.2. The largest absolute Gasteiger partial charge is 0.497 e. The highest BCUT2D eigenvalue weighted by molar-refractivity contribution is 7.85. The molecule has 5 heteroatoms. The van der Waals surface area contributed by atoms with Crippen molar-refractivity contribution in [2.24, 2.45) is 0 Å². The van der Waals surface area contributed by atoms with Crippen LogP contribution in [0.25, 0.3) is 0 Å². The Bertz CT molecular complexity index is 414. The molecule has 0 aliphatic carbocycles. The normalized spacial score (nSPS) is 19.7. The van der Waals surface area contributed by atoms with Crippen LogP contribution in [0.15, 0.2) is 24.3 Å². The SMILES string of the molecule is COc1cccc(C(O)CN2CCS(=O)CC2)c1. The van der Waals surface area contributed by atoms with Gasteiger partial charge in [0.25, 0.3) is 0 Å². The Kier molecular flexibility index (Phi) is 4.74. The summed E-state index contributed by atoms with van der Waals surface area (Å²) in [5.41, 5.74) is 0.862. The van der Waals surface area contributed by atoms with Crippen LogP contribution < -0.4 is 4.74 Å². The van der Waals surface area contributed by atoms with E-state index in [-0.39, 0.29) is 0 Å². The Morgan fingerprint density at radius 3 is 2.83 bits per heavy atom. The summed E-state index contributed by atoms with van der Waals surface area (Å²) in [6, 6.07) is 7.49. The number of benzene rings is 1. The van der Waals surface area contributed by atoms with Gasteiger partial charge in [-0.3, -0.25) is 9.11 Å². The lowest BCUT2D eigenvalue weighted by molar-refractivity contribution is 0.118. The van der Waals surface area contributed by atoms with Gasteiger partial charge in [0, 0.05) is 41.9 Å². The first-order chi connectivity index (χ1) is 8.69. The van der Waals surface area contributed by atoms with Crippen LogP contribution in [0.5, 0.6) is 5.75 Å². The van der Waals surface area contributed by atoms with E-state index < -0.39 is 16.9 Å². The number of β-amino-alcohol motifs (C(OH)–C–C–N with tert-alkyl or cyclic N) is 1. The number of nitrogens with zero attached hydrogens (tertiary/aromatic N) is 1. The van der Waals surface area contributed by atoms with Crippen molar-refractivity contribution in [1.82, 2.24) is 4.90 Å². The maximum atomic E-state index is 11.3. The molecule has 1 unspecified atom stereocenters. The van der Waals surface area contributed by atoms with Gasteiger partial charge in [0.2, 0.25) is 0 Å².